The van der Waals surface area contributed by atoms with Crippen LogP contribution in [0, 0.1) is 11.6 Å². The Balaban J connectivity index is 1.77. The predicted octanol–water partition coefficient (Wildman–Crippen LogP) is 2.50. The minimum Gasteiger partial charge on any atom is -0.490 e. The third-order valence-electron chi connectivity index (χ3n) is 2.40. The van der Waals surface area contributed by atoms with E-state index in [-0.39, 0.29) is 18.6 Å². The van der Waals surface area contributed by atoms with Crippen LogP contribution in [-0.4, -0.2) is 26.1 Å². The summed E-state index contributed by atoms with van der Waals surface area (Å²) in [6.45, 7) is 1.62. The molecule has 0 aliphatic carbocycles. The first-order valence-electron chi connectivity index (χ1n) is 5.57. The molecule has 1 aromatic rings. The second-order valence-corrected chi connectivity index (χ2v) is 3.74. The van der Waals surface area contributed by atoms with E-state index < -0.39 is 11.6 Å². The molecule has 1 aliphatic heterocycles. The molecule has 94 valence electrons. The number of hydrogen-bond donors (Lipinski definition) is 0. The van der Waals surface area contributed by atoms with Gasteiger partial charge in [0.25, 0.3) is 0 Å². The molecule has 0 unspecified atom stereocenters. The first kappa shape index (κ1) is 12.3. The summed E-state index contributed by atoms with van der Waals surface area (Å²) in [5, 5.41) is 0. The zero-order valence-electron chi connectivity index (χ0n) is 9.33. The van der Waals surface area contributed by atoms with Gasteiger partial charge in [-0.3, -0.25) is 0 Å². The Hall–Kier alpha value is -1.20. The van der Waals surface area contributed by atoms with Crippen molar-refractivity contribution in [2.45, 2.75) is 19.1 Å². The highest BCUT2D eigenvalue weighted by Crippen LogP contribution is 2.18. The Morgan fingerprint density at radius 1 is 1.24 bits per heavy atom. The van der Waals surface area contributed by atoms with Crippen molar-refractivity contribution < 1.29 is 23.0 Å². The largest absolute Gasteiger partial charge is 0.490 e. The normalized spacial score (nSPS) is 17.1. The number of hydrogen-bond acceptors (Lipinski definition) is 3. The van der Waals surface area contributed by atoms with Gasteiger partial charge in [-0.15, -0.1) is 0 Å². The third kappa shape index (κ3) is 3.64. The molecule has 5 heteroatoms. The molecule has 1 aliphatic rings. The summed E-state index contributed by atoms with van der Waals surface area (Å²) in [5.41, 5.74) is 0. The second-order valence-electron chi connectivity index (χ2n) is 3.74. The first-order chi connectivity index (χ1) is 8.25. The molecule has 3 nitrogen and oxygen atoms in total. The fraction of sp³-hybridized carbons (Fsp3) is 0.500. The summed E-state index contributed by atoms with van der Waals surface area (Å²) in [4.78, 5) is 0. The summed E-state index contributed by atoms with van der Waals surface area (Å²) in [7, 11) is 0. The van der Waals surface area contributed by atoms with Gasteiger partial charge in [0.15, 0.2) is 17.9 Å². The Kier molecular flexibility index (Phi) is 4.28. The monoisotopic (exact) mass is 244 g/mol. The lowest BCUT2D eigenvalue weighted by atomic mass is 10.3. The summed E-state index contributed by atoms with van der Waals surface area (Å²) in [5.74, 6) is -1.27. The first-order valence-corrected chi connectivity index (χ1v) is 5.57. The van der Waals surface area contributed by atoms with Crippen molar-refractivity contribution >= 4 is 0 Å². The second kappa shape index (κ2) is 5.93. The van der Waals surface area contributed by atoms with E-state index >= 15 is 0 Å². The fourth-order valence-electron chi connectivity index (χ4n) is 1.56. The smallest absolute Gasteiger partial charge is 0.167 e. The summed E-state index contributed by atoms with van der Waals surface area (Å²) in [6, 6.07) is 3.22. The quantitative estimate of drug-likeness (QED) is 0.814. The Labute approximate surface area is 98.3 Å². The highest BCUT2D eigenvalue weighted by Gasteiger charge is 2.14. The van der Waals surface area contributed by atoms with E-state index in [4.69, 9.17) is 14.2 Å². The molecule has 0 spiro atoms. The molecule has 0 saturated carbocycles. The van der Waals surface area contributed by atoms with Gasteiger partial charge < -0.3 is 14.2 Å². The van der Waals surface area contributed by atoms with Gasteiger partial charge >= 0.3 is 0 Å². The van der Waals surface area contributed by atoms with E-state index in [1.165, 1.54) is 6.07 Å². The lowest BCUT2D eigenvalue weighted by Crippen LogP contribution is -2.26. The molecular weight excluding hydrogens is 230 g/mol. The minimum absolute atomic E-state index is 0.0437. The fourth-order valence-corrected chi connectivity index (χ4v) is 1.56. The SMILES string of the molecule is Fc1ccc(OCCC2OCCCO2)c(F)c1. The molecule has 0 bridgehead atoms. The molecule has 1 saturated heterocycles. The lowest BCUT2D eigenvalue weighted by Gasteiger charge is -2.23. The van der Waals surface area contributed by atoms with Gasteiger partial charge in [0.1, 0.15) is 5.82 Å². The van der Waals surface area contributed by atoms with Gasteiger partial charge in [0, 0.05) is 12.5 Å². The Morgan fingerprint density at radius 3 is 2.71 bits per heavy atom. The molecule has 0 aromatic heterocycles. The van der Waals surface area contributed by atoms with Gasteiger partial charge in [-0.05, 0) is 18.6 Å². The standard InChI is InChI=1S/C12H14F2O3/c13-9-2-3-11(10(14)8-9)15-7-4-12-16-5-1-6-17-12/h2-3,8,12H,1,4-7H2. The number of rotatable bonds is 4. The van der Waals surface area contributed by atoms with E-state index in [0.29, 0.717) is 19.6 Å². The van der Waals surface area contributed by atoms with Crippen LogP contribution >= 0.6 is 0 Å². The maximum Gasteiger partial charge on any atom is 0.167 e. The van der Waals surface area contributed by atoms with E-state index in [9.17, 15) is 8.78 Å². The zero-order chi connectivity index (χ0) is 12.1. The van der Waals surface area contributed by atoms with Crippen molar-refractivity contribution in [2.24, 2.45) is 0 Å². The molecule has 1 fully saturated rings. The van der Waals surface area contributed by atoms with Crippen LogP contribution in [0.3, 0.4) is 0 Å². The average molecular weight is 244 g/mol. The van der Waals surface area contributed by atoms with Crippen molar-refractivity contribution in [3.05, 3.63) is 29.8 Å². The highest BCUT2D eigenvalue weighted by molar-refractivity contribution is 5.24. The van der Waals surface area contributed by atoms with Crippen LogP contribution in [0.5, 0.6) is 5.75 Å². The highest BCUT2D eigenvalue weighted by atomic mass is 19.1. The van der Waals surface area contributed by atoms with E-state index in [1.807, 2.05) is 0 Å². The lowest BCUT2D eigenvalue weighted by molar-refractivity contribution is -0.183. The van der Waals surface area contributed by atoms with Crippen LogP contribution in [0.1, 0.15) is 12.8 Å². The zero-order valence-corrected chi connectivity index (χ0v) is 9.33. The molecular formula is C12H14F2O3. The topological polar surface area (TPSA) is 27.7 Å². The van der Waals surface area contributed by atoms with Gasteiger partial charge in [-0.1, -0.05) is 0 Å². The van der Waals surface area contributed by atoms with Gasteiger partial charge in [-0.2, -0.15) is 0 Å². The van der Waals surface area contributed by atoms with Gasteiger partial charge in [-0.25, -0.2) is 8.78 Å². The van der Waals surface area contributed by atoms with Crippen LogP contribution in [0.4, 0.5) is 8.78 Å². The minimum atomic E-state index is -0.699. The van der Waals surface area contributed by atoms with Crippen molar-refractivity contribution in [2.75, 3.05) is 19.8 Å². The van der Waals surface area contributed by atoms with E-state index in [1.54, 1.807) is 0 Å². The molecule has 1 aromatic carbocycles. The maximum atomic E-state index is 13.2. The molecule has 0 amide bonds. The van der Waals surface area contributed by atoms with Gasteiger partial charge in [0.2, 0.25) is 0 Å². The van der Waals surface area contributed by atoms with Crippen molar-refractivity contribution in [1.29, 1.82) is 0 Å². The van der Waals surface area contributed by atoms with Crippen LogP contribution in [0.25, 0.3) is 0 Å². The summed E-state index contributed by atoms with van der Waals surface area (Å²) in [6.07, 6.45) is 1.13. The molecule has 17 heavy (non-hydrogen) atoms. The number of ether oxygens (including phenoxy) is 3. The van der Waals surface area contributed by atoms with Crippen LogP contribution in [0.15, 0.2) is 18.2 Å². The molecule has 2 rings (SSSR count). The Morgan fingerprint density at radius 2 is 2.00 bits per heavy atom. The molecule has 1 heterocycles. The molecule has 0 radical (unpaired) electrons. The van der Waals surface area contributed by atoms with Crippen molar-refractivity contribution in [3.63, 3.8) is 0 Å². The van der Waals surface area contributed by atoms with Crippen molar-refractivity contribution in [3.8, 4) is 5.75 Å². The molecule has 0 atom stereocenters. The number of halogens is 2. The third-order valence-corrected chi connectivity index (χ3v) is 2.40. The van der Waals surface area contributed by atoms with Crippen LogP contribution < -0.4 is 4.74 Å². The van der Waals surface area contributed by atoms with Gasteiger partial charge in [0.05, 0.1) is 19.8 Å². The number of benzene rings is 1. The Bertz CT molecular complexity index is 365. The summed E-state index contributed by atoms with van der Waals surface area (Å²) >= 11 is 0. The van der Waals surface area contributed by atoms with Crippen molar-refractivity contribution in [1.82, 2.24) is 0 Å². The predicted molar refractivity (Wildman–Crippen MR) is 56.8 cm³/mol. The maximum absolute atomic E-state index is 13.2. The van der Waals surface area contributed by atoms with Crippen LogP contribution in [0.2, 0.25) is 0 Å². The average Bonchev–Trinajstić information content (AvgIpc) is 2.33. The summed E-state index contributed by atoms with van der Waals surface area (Å²) < 4.78 is 41.6. The van der Waals surface area contributed by atoms with E-state index in [2.05, 4.69) is 0 Å². The molecule has 0 N–H and O–H groups in total. The van der Waals surface area contributed by atoms with E-state index in [0.717, 1.165) is 18.6 Å². The van der Waals surface area contributed by atoms with Crippen LogP contribution in [-0.2, 0) is 9.47 Å².